The van der Waals surface area contributed by atoms with Gasteiger partial charge >= 0.3 is 0 Å². The molecule has 1 aromatic rings. The number of rotatable bonds is 4. The highest BCUT2D eigenvalue weighted by molar-refractivity contribution is 7.13. The van der Waals surface area contributed by atoms with Crippen LogP contribution in [0.3, 0.4) is 0 Å². The third kappa shape index (κ3) is 2.96. The van der Waals surface area contributed by atoms with Crippen molar-refractivity contribution in [2.45, 2.75) is 32.4 Å². The van der Waals surface area contributed by atoms with Crippen LogP contribution >= 0.6 is 11.3 Å². The quantitative estimate of drug-likeness (QED) is 0.912. The van der Waals surface area contributed by atoms with Crippen LogP contribution in [0.15, 0.2) is 0 Å². The predicted molar refractivity (Wildman–Crippen MR) is 75.6 cm³/mol. The number of carbonyl (C=O) groups excluding carboxylic acids is 1. The molecule has 0 aromatic carbocycles. The maximum absolute atomic E-state index is 12.5. The fraction of sp³-hybridized carbons (Fsp3) is 0.692. The van der Waals surface area contributed by atoms with E-state index in [1.807, 2.05) is 25.8 Å². The molecular weight excluding hydrogens is 262 g/mol. The van der Waals surface area contributed by atoms with Crippen molar-refractivity contribution in [1.29, 1.82) is 0 Å². The van der Waals surface area contributed by atoms with Crippen molar-refractivity contribution in [3.05, 3.63) is 15.6 Å². The highest BCUT2D eigenvalue weighted by Gasteiger charge is 2.27. The molecule has 2 heterocycles. The van der Waals surface area contributed by atoms with Crippen molar-refractivity contribution in [2.24, 2.45) is 0 Å². The Morgan fingerprint density at radius 1 is 1.63 bits per heavy atom. The lowest BCUT2D eigenvalue weighted by Crippen LogP contribution is -2.38. The standard InChI is InChI=1S/C13H21N3O2S/c1-8-11(19-12(15-8)9(2)18-4)13(17)16(3)10-5-6-14-7-10/h9-10,14H,5-7H2,1-4H3/t9-,10-/m1/s1. The third-order valence-corrected chi connectivity index (χ3v) is 4.92. The zero-order chi connectivity index (χ0) is 14.0. The number of hydrogen-bond acceptors (Lipinski definition) is 5. The molecule has 1 aliphatic heterocycles. The molecule has 0 unspecified atom stereocenters. The van der Waals surface area contributed by atoms with Gasteiger partial charge in [0.1, 0.15) is 16.0 Å². The molecule has 19 heavy (non-hydrogen) atoms. The minimum absolute atomic E-state index is 0.0660. The molecular formula is C13H21N3O2S. The number of methoxy groups -OCH3 is 1. The Labute approximate surface area is 118 Å². The van der Waals surface area contributed by atoms with Gasteiger partial charge in [-0.2, -0.15) is 0 Å². The third-order valence-electron chi connectivity index (χ3n) is 3.61. The number of aromatic nitrogens is 1. The van der Waals surface area contributed by atoms with Crippen LogP contribution in [-0.2, 0) is 4.74 Å². The zero-order valence-electron chi connectivity index (χ0n) is 11.9. The first kappa shape index (κ1) is 14.4. The van der Waals surface area contributed by atoms with Crippen LogP contribution < -0.4 is 5.32 Å². The summed E-state index contributed by atoms with van der Waals surface area (Å²) >= 11 is 1.44. The van der Waals surface area contributed by atoms with Crippen LogP contribution in [0.25, 0.3) is 0 Å². The molecule has 0 radical (unpaired) electrons. The van der Waals surface area contributed by atoms with E-state index < -0.39 is 0 Å². The maximum Gasteiger partial charge on any atom is 0.265 e. The Morgan fingerprint density at radius 2 is 2.37 bits per heavy atom. The number of nitrogens with zero attached hydrogens (tertiary/aromatic N) is 2. The lowest BCUT2D eigenvalue weighted by Gasteiger charge is -2.23. The second-order valence-electron chi connectivity index (χ2n) is 4.91. The topological polar surface area (TPSA) is 54.5 Å². The first-order valence-electron chi connectivity index (χ1n) is 6.52. The largest absolute Gasteiger partial charge is 0.375 e. The molecule has 1 aromatic heterocycles. The average Bonchev–Trinajstić information content (AvgIpc) is 3.05. The summed E-state index contributed by atoms with van der Waals surface area (Å²) in [6.07, 6.45) is 0.949. The summed E-state index contributed by atoms with van der Waals surface area (Å²) in [6, 6.07) is 0.289. The van der Waals surface area contributed by atoms with Crippen molar-refractivity contribution in [3.63, 3.8) is 0 Å². The number of thiazole rings is 1. The van der Waals surface area contributed by atoms with Gasteiger partial charge in [-0.1, -0.05) is 0 Å². The molecule has 0 aliphatic carbocycles. The Balaban J connectivity index is 2.16. The minimum atomic E-state index is -0.0660. The molecule has 1 amide bonds. The highest BCUT2D eigenvalue weighted by Crippen LogP contribution is 2.26. The van der Waals surface area contributed by atoms with Gasteiger partial charge in [0.15, 0.2) is 0 Å². The number of hydrogen-bond donors (Lipinski definition) is 1. The van der Waals surface area contributed by atoms with Gasteiger partial charge in [-0.3, -0.25) is 4.79 Å². The van der Waals surface area contributed by atoms with E-state index in [0.29, 0.717) is 0 Å². The second kappa shape index (κ2) is 5.98. The van der Waals surface area contributed by atoms with Gasteiger partial charge in [0.2, 0.25) is 0 Å². The van der Waals surface area contributed by atoms with Crippen molar-refractivity contribution in [2.75, 3.05) is 27.2 Å². The molecule has 1 saturated heterocycles. The van der Waals surface area contributed by atoms with E-state index >= 15 is 0 Å². The monoisotopic (exact) mass is 283 g/mol. The fourth-order valence-corrected chi connectivity index (χ4v) is 3.26. The van der Waals surface area contributed by atoms with Crippen molar-refractivity contribution < 1.29 is 9.53 Å². The second-order valence-corrected chi connectivity index (χ2v) is 5.94. The van der Waals surface area contributed by atoms with Gasteiger partial charge in [-0.15, -0.1) is 11.3 Å². The van der Waals surface area contributed by atoms with E-state index in [-0.39, 0.29) is 18.1 Å². The van der Waals surface area contributed by atoms with Gasteiger partial charge < -0.3 is 15.0 Å². The number of likely N-dealkylation sites (N-methyl/N-ethyl adjacent to an activating group) is 1. The molecule has 106 valence electrons. The van der Waals surface area contributed by atoms with Crippen molar-refractivity contribution in [3.8, 4) is 0 Å². The summed E-state index contributed by atoms with van der Waals surface area (Å²) in [6.45, 7) is 5.69. The number of aryl methyl sites for hydroxylation is 1. The van der Waals surface area contributed by atoms with Gasteiger partial charge in [-0.25, -0.2) is 4.98 Å². The normalized spacial score (nSPS) is 20.5. The SMILES string of the molecule is CO[C@H](C)c1nc(C)c(C(=O)N(C)[C@@H]2CCNC2)s1. The molecule has 1 aliphatic rings. The molecule has 0 bridgehead atoms. The van der Waals surface area contributed by atoms with E-state index in [2.05, 4.69) is 10.3 Å². The van der Waals surface area contributed by atoms with Crippen LogP contribution in [0.2, 0.25) is 0 Å². The summed E-state index contributed by atoms with van der Waals surface area (Å²) in [5.41, 5.74) is 0.798. The average molecular weight is 283 g/mol. The molecule has 2 rings (SSSR count). The first-order chi connectivity index (χ1) is 9.04. The van der Waals surface area contributed by atoms with Crippen LogP contribution in [0.1, 0.15) is 39.8 Å². The Morgan fingerprint density at radius 3 is 2.95 bits per heavy atom. The number of amides is 1. The molecule has 1 N–H and O–H groups in total. The first-order valence-corrected chi connectivity index (χ1v) is 7.34. The Hall–Kier alpha value is -0.980. The number of carbonyl (C=O) groups is 1. The Kier molecular flexibility index (Phi) is 4.54. The highest BCUT2D eigenvalue weighted by atomic mass is 32.1. The zero-order valence-corrected chi connectivity index (χ0v) is 12.7. The van der Waals surface area contributed by atoms with E-state index in [9.17, 15) is 4.79 Å². The van der Waals surface area contributed by atoms with Crippen LogP contribution in [-0.4, -0.2) is 49.1 Å². The predicted octanol–water partition coefficient (Wildman–Crippen LogP) is 1.59. The van der Waals surface area contributed by atoms with Gasteiger partial charge in [0.25, 0.3) is 5.91 Å². The van der Waals surface area contributed by atoms with Gasteiger partial charge in [-0.05, 0) is 26.8 Å². The van der Waals surface area contributed by atoms with E-state index in [1.165, 1.54) is 11.3 Å². The molecule has 1 fully saturated rings. The fourth-order valence-electron chi connectivity index (χ4n) is 2.19. The number of nitrogens with one attached hydrogen (secondary N) is 1. The van der Waals surface area contributed by atoms with E-state index in [1.54, 1.807) is 7.11 Å². The summed E-state index contributed by atoms with van der Waals surface area (Å²) in [5.74, 6) is 0.0678. The number of ether oxygens (including phenoxy) is 1. The summed E-state index contributed by atoms with van der Waals surface area (Å²) in [5, 5.41) is 4.14. The maximum atomic E-state index is 12.5. The van der Waals surface area contributed by atoms with Crippen molar-refractivity contribution in [1.82, 2.24) is 15.2 Å². The van der Waals surface area contributed by atoms with Gasteiger partial charge in [0.05, 0.1) is 5.69 Å². The minimum Gasteiger partial charge on any atom is -0.375 e. The van der Waals surface area contributed by atoms with Crippen LogP contribution in [0, 0.1) is 6.92 Å². The van der Waals surface area contributed by atoms with Crippen LogP contribution in [0.4, 0.5) is 0 Å². The van der Waals surface area contributed by atoms with Crippen LogP contribution in [0.5, 0.6) is 0 Å². The molecule has 2 atom stereocenters. The van der Waals surface area contributed by atoms with E-state index in [4.69, 9.17) is 4.74 Å². The Bertz CT molecular complexity index is 455. The molecule has 0 spiro atoms. The lowest BCUT2D eigenvalue weighted by atomic mass is 10.2. The van der Waals surface area contributed by atoms with E-state index in [0.717, 1.165) is 35.1 Å². The lowest BCUT2D eigenvalue weighted by molar-refractivity contribution is 0.0747. The summed E-state index contributed by atoms with van der Waals surface area (Å²) in [7, 11) is 3.53. The summed E-state index contributed by atoms with van der Waals surface area (Å²) in [4.78, 5) is 19.5. The molecule has 5 nitrogen and oxygen atoms in total. The molecule has 6 heteroatoms. The van der Waals surface area contributed by atoms with Crippen molar-refractivity contribution >= 4 is 17.2 Å². The smallest absolute Gasteiger partial charge is 0.265 e. The summed E-state index contributed by atoms with van der Waals surface area (Å²) < 4.78 is 5.26. The van der Waals surface area contributed by atoms with Gasteiger partial charge in [0, 0.05) is 26.7 Å². The molecule has 0 saturated carbocycles.